The molecule has 36 heavy (non-hydrogen) atoms. The van der Waals surface area contributed by atoms with E-state index in [1.54, 1.807) is 26.1 Å². The lowest BCUT2D eigenvalue weighted by Crippen LogP contribution is -2.62. The van der Waals surface area contributed by atoms with Gasteiger partial charge in [-0.15, -0.1) is 0 Å². The molecule has 11 heteroatoms. The van der Waals surface area contributed by atoms with Gasteiger partial charge in [-0.3, -0.25) is 19.1 Å². The number of nitrogens with zero attached hydrogens (tertiary/aromatic N) is 5. The summed E-state index contributed by atoms with van der Waals surface area (Å²) in [4.78, 5) is 44.9. The lowest BCUT2D eigenvalue weighted by molar-refractivity contribution is -0.132. The van der Waals surface area contributed by atoms with Gasteiger partial charge in [-0.25, -0.2) is 4.39 Å². The van der Waals surface area contributed by atoms with Crippen molar-refractivity contribution in [2.45, 2.75) is 32.0 Å². The highest BCUT2D eigenvalue weighted by Gasteiger charge is 2.46. The molecule has 0 radical (unpaired) electrons. The molecule has 3 heterocycles. The van der Waals surface area contributed by atoms with Gasteiger partial charge in [0.1, 0.15) is 17.1 Å². The second kappa shape index (κ2) is 10.8. The monoisotopic (exact) mass is 499 g/mol. The molecule has 0 spiro atoms. The maximum absolute atomic E-state index is 13.1. The van der Waals surface area contributed by atoms with Crippen molar-refractivity contribution >= 4 is 17.7 Å². The molecule has 194 valence electrons. The first-order chi connectivity index (χ1) is 17.2. The van der Waals surface area contributed by atoms with Gasteiger partial charge in [0, 0.05) is 52.4 Å². The molecule has 0 bridgehead atoms. The minimum Gasteiger partial charge on any atom is -0.351 e. The van der Waals surface area contributed by atoms with Crippen LogP contribution in [0.1, 0.15) is 39.9 Å². The number of aromatic nitrogens is 2. The normalized spacial score (nSPS) is 20.8. The van der Waals surface area contributed by atoms with Gasteiger partial charge in [0.25, 0.3) is 11.8 Å². The largest absolute Gasteiger partial charge is 0.351 e. The third-order valence-electron chi connectivity index (χ3n) is 7.12. The first-order valence-corrected chi connectivity index (χ1v) is 12.3. The molecule has 2 N–H and O–H groups in total. The van der Waals surface area contributed by atoms with Crippen molar-refractivity contribution in [1.29, 1.82) is 0 Å². The first kappa shape index (κ1) is 25.8. The minimum atomic E-state index is -1.20. The molecule has 0 saturated carbocycles. The molecular weight excluding hydrogens is 465 g/mol. The summed E-state index contributed by atoms with van der Waals surface area (Å²) >= 11 is 0. The zero-order valence-corrected chi connectivity index (χ0v) is 21.1. The second-order valence-electron chi connectivity index (χ2n) is 9.77. The van der Waals surface area contributed by atoms with Gasteiger partial charge >= 0.3 is 0 Å². The third-order valence-corrected chi connectivity index (χ3v) is 7.12. The molecule has 1 unspecified atom stereocenters. The van der Waals surface area contributed by atoms with Crippen molar-refractivity contribution in [2.24, 2.45) is 0 Å². The maximum Gasteiger partial charge on any atom is 0.272 e. The van der Waals surface area contributed by atoms with Gasteiger partial charge in [0.2, 0.25) is 5.91 Å². The number of hydrogen-bond acceptors (Lipinski definition) is 6. The molecule has 2 aliphatic heterocycles. The smallest absolute Gasteiger partial charge is 0.272 e. The Balaban J connectivity index is 1.34. The van der Waals surface area contributed by atoms with E-state index in [2.05, 4.69) is 32.6 Å². The van der Waals surface area contributed by atoms with Crippen LogP contribution in [0.2, 0.25) is 0 Å². The molecule has 1 aromatic carbocycles. The SMILES string of the molecule is CN1CCN(CCCNC(=O)c2cc3n(n2)CC(C)(C(=O)NCc2ccc(F)cc2)N(C)C3=O)CC1. The molecule has 1 atom stereocenters. The van der Waals surface area contributed by atoms with Crippen molar-refractivity contribution in [1.82, 2.24) is 35.1 Å². The van der Waals surface area contributed by atoms with Crippen LogP contribution in [0.3, 0.4) is 0 Å². The van der Waals surface area contributed by atoms with Gasteiger partial charge in [0.05, 0.1) is 6.54 Å². The maximum atomic E-state index is 13.1. The Kier molecular flexibility index (Phi) is 7.70. The summed E-state index contributed by atoms with van der Waals surface area (Å²) in [6.07, 6.45) is 0.830. The standard InChI is InChI=1S/C25H34FN7O3/c1-25(24(36)28-16-18-5-7-19(26)8-6-18)17-33-21(23(35)31(25)3)15-20(29-33)22(34)27-9-4-10-32-13-11-30(2)12-14-32/h5-8,15H,4,9-14,16-17H2,1-3H3,(H,27,34)(H,28,36). The van der Waals surface area contributed by atoms with Crippen molar-refractivity contribution < 1.29 is 18.8 Å². The van der Waals surface area contributed by atoms with Crippen LogP contribution in [0, 0.1) is 5.82 Å². The predicted molar refractivity (Wildman–Crippen MR) is 132 cm³/mol. The number of amides is 3. The van der Waals surface area contributed by atoms with Crippen LogP contribution >= 0.6 is 0 Å². The lowest BCUT2D eigenvalue weighted by Gasteiger charge is -2.40. The van der Waals surface area contributed by atoms with Crippen molar-refractivity contribution in [3.05, 3.63) is 53.1 Å². The van der Waals surface area contributed by atoms with E-state index in [0.29, 0.717) is 6.54 Å². The second-order valence-corrected chi connectivity index (χ2v) is 9.77. The topological polar surface area (TPSA) is 103 Å². The van der Waals surface area contributed by atoms with Gasteiger partial charge in [-0.1, -0.05) is 12.1 Å². The number of hydrogen-bond donors (Lipinski definition) is 2. The van der Waals surface area contributed by atoms with Crippen LogP contribution in [0.5, 0.6) is 0 Å². The molecule has 2 aliphatic rings. The fraction of sp³-hybridized carbons (Fsp3) is 0.520. The highest BCUT2D eigenvalue weighted by Crippen LogP contribution is 2.26. The third kappa shape index (κ3) is 5.57. The Morgan fingerprint density at radius 2 is 1.78 bits per heavy atom. The van der Waals surface area contributed by atoms with E-state index in [0.717, 1.165) is 44.7 Å². The van der Waals surface area contributed by atoms with Crippen LogP contribution in [-0.2, 0) is 17.9 Å². The summed E-state index contributed by atoms with van der Waals surface area (Å²) in [5.74, 6) is -1.44. The van der Waals surface area contributed by atoms with E-state index in [1.807, 2.05) is 0 Å². The molecule has 1 aromatic heterocycles. The van der Waals surface area contributed by atoms with E-state index < -0.39 is 5.54 Å². The Hall–Kier alpha value is -3.31. The van der Waals surface area contributed by atoms with Gasteiger partial charge in [-0.2, -0.15) is 5.10 Å². The summed E-state index contributed by atoms with van der Waals surface area (Å²) in [5.41, 5.74) is -0.0393. The van der Waals surface area contributed by atoms with Crippen LogP contribution in [0.25, 0.3) is 0 Å². The van der Waals surface area contributed by atoms with E-state index in [1.165, 1.54) is 27.8 Å². The van der Waals surface area contributed by atoms with Crippen molar-refractivity contribution in [3.63, 3.8) is 0 Å². The lowest BCUT2D eigenvalue weighted by atomic mass is 9.96. The molecule has 1 fully saturated rings. The fourth-order valence-electron chi connectivity index (χ4n) is 4.48. The highest BCUT2D eigenvalue weighted by molar-refractivity contribution is 6.01. The predicted octanol–water partition coefficient (Wildman–Crippen LogP) is 0.550. The van der Waals surface area contributed by atoms with E-state index in [9.17, 15) is 18.8 Å². The average molecular weight is 500 g/mol. The van der Waals surface area contributed by atoms with E-state index in [-0.39, 0.29) is 48.0 Å². The number of carbonyl (C=O) groups excluding carboxylic acids is 3. The highest BCUT2D eigenvalue weighted by atomic mass is 19.1. The summed E-state index contributed by atoms with van der Waals surface area (Å²) in [5, 5.41) is 10.0. The number of halogens is 1. The van der Waals surface area contributed by atoms with Crippen molar-refractivity contribution in [2.75, 3.05) is 53.4 Å². The van der Waals surface area contributed by atoms with Crippen LogP contribution < -0.4 is 10.6 Å². The minimum absolute atomic E-state index is 0.108. The number of piperazine rings is 1. The Morgan fingerprint density at radius 3 is 2.47 bits per heavy atom. The first-order valence-electron chi connectivity index (χ1n) is 12.3. The number of nitrogens with one attached hydrogen (secondary N) is 2. The van der Waals surface area contributed by atoms with Crippen LogP contribution in [0.4, 0.5) is 4.39 Å². The Bertz CT molecular complexity index is 1110. The zero-order valence-electron chi connectivity index (χ0n) is 21.1. The summed E-state index contributed by atoms with van der Waals surface area (Å²) in [6.45, 7) is 7.58. The van der Waals surface area contributed by atoms with Gasteiger partial charge in [0.15, 0.2) is 5.69 Å². The number of benzene rings is 1. The fourth-order valence-corrected chi connectivity index (χ4v) is 4.48. The Labute approximate surface area is 210 Å². The Morgan fingerprint density at radius 1 is 1.08 bits per heavy atom. The van der Waals surface area contributed by atoms with E-state index >= 15 is 0 Å². The van der Waals surface area contributed by atoms with E-state index in [4.69, 9.17) is 0 Å². The number of carbonyl (C=O) groups is 3. The summed E-state index contributed by atoms with van der Waals surface area (Å²) in [7, 11) is 3.68. The molecule has 1 saturated heterocycles. The van der Waals surface area contributed by atoms with Gasteiger partial charge in [-0.05, 0) is 44.6 Å². The quantitative estimate of drug-likeness (QED) is 0.515. The zero-order chi connectivity index (χ0) is 25.9. The summed E-state index contributed by atoms with van der Waals surface area (Å²) < 4.78 is 14.6. The van der Waals surface area contributed by atoms with Crippen molar-refractivity contribution in [3.8, 4) is 0 Å². The van der Waals surface area contributed by atoms with Gasteiger partial charge < -0.3 is 25.3 Å². The summed E-state index contributed by atoms with van der Waals surface area (Å²) in [6, 6.07) is 7.32. The van der Waals surface area contributed by atoms with Crippen LogP contribution in [0.15, 0.2) is 30.3 Å². The average Bonchev–Trinajstić information content (AvgIpc) is 3.29. The molecule has 10 nitrogen and oxygen atoms in total. The number of rotatable bonds is 8. The molecule has 4 rings (SSSR count). The molecule has 2 aromatic rings. The molecule has 3 amide bonds. The number of likely N-dealkylation sites (N-methyl/N-ethyl adjacent to an activating group) is 2. The number of fused-ring (bicyclic) bond motifs is 1. The van der Waals surface area contributed by atoms with Crippen LogP contribution in [-0.4, -0.2) is 101 Å². The molecular formula is C25H34FN7O3. The molecule has 0 aliphatic carbocycles.